The number of fused-ring (bicyclic) bond motifs is 4. The van der Waals surface area contributed by atoms with E-state index < -0.39 is 6.29 Å². The van der Waals surface area contributed by atoms with Gasteiger partial charge in [-0.1, -0.05) is 24.3 Å². The summed E-state index contributed by atoms with van der Waals surface area (Å²) in [4.78, 5) is 13.1. The molecule has 3 N–H and O–H groups in total. The van der Waals surface area contributed by atoms with Gasteiger partial charge in [-0.15, -0.1) is 0 Å². The molecule has 0 saturated carbocycles. The van der Waals surface area contributed by atoms with Crippen molar-refractivity contribution in [2.24, 2.45) is 17.9 Å². The van der Waals surface area contributed by atoms with Crippen molar-refractivity contribution in [3.8, 4) is 0 Å². The van der Waals surface area contributed by atoms with Gasteiger partial charge in [0.25, 0.3) is 0 Å². The van der Waals surface area contributed by atoms with Gasteiger partial charge in [0, 0.05) is 24.2 Å². The largest absolute Gasteiger partial charge is 0.375 e. The van der Waals surface area contributed by atoms with Crippen LogP contribution in [-0.4, -0.2) is 48.7 Å². The second kappa shape index (κ2) is 8.89. The number of pyridine rings is 1. The number of nitrogens with one attached hydrogen (secondary N) is 1. The lowest BCUT2D eigenvalue weighted by atomic mass is 10.0. The molecule has 10 nitrogen and oxygen atoms in total. The van der Waals surface area contributed by atoms with Crippen LogP contribution in [0.3, 0.4) is 0 Å². The predicted molar refractivity (Wildman–Crippen MR) is 142 cm³/mol. The SMILES string of the molecule is Cn1c(Cn2c3ccccc3c(=O)c3ccccc32)nn([C@@H]2C/C(=N\NC(N)=S)[C@H]3OC[C@@H]2O3)c1=S. The summed E-state index contributed by atoms with van der Waals surface area (Å²) in [6.45, 7) is 0.833. The number of hydrazone groups is 1. The van der Waals surface area contributed by atoms with E-state index in [1.165, 1.54) is 0 Å². The molecule has 2 bridgehead atoms. The molecule has 2 aliphatic heterocycles. The molecule has 2 aromatic carbocycles. The minimum atomic E-state index is -0.538. The van der Waals surface area contributed by atoms with E-state index in [-0.39, 0.29) is 22.7 Å². The summed E-state index contributed by atoms with van der Waals surface area (Å²) in [6.07, 6.45) is -0.216. The minimum absolute atomic E-state index is 0.0174. The van der Waals surface area contributed by atoms with Crippen LogP contribution in [0.5, 0.6) is 0 Å². The third kappa shape index (κ3) is 3.73. The summed E-state index contributed by atoms with van der Waals surface area (Å²) in [5, 5.41) is 10.6. The third-order valence-electron chi connectivity index (χ3n) is 6.73. The first-order valence-electron chi connectivity index (χ1n) is 11.5. The average molecular weight is 522 g/mol. The van der Waals surface area contributed by atoms with Gasteiger partial charge in [0.1, 0.15) is 6.10 Å². The van der Waals surface area contributed by atoms with Crippen molar-refractivity contribution < 1.29 is 9.47 Å². The lowest BCUT2D eigenvalue weighted by Crippen LogP contribution is -2.39. The van der Waals surface area contributed by atoms with E-state index >= 15 is 0 Å². The number of thiocarbonyl (C=S) groups is 1. The third-order valence-corrected chi connectivity index (χ3v) is 7.28. The Balaban J connectivity index is 1.43. The lowest BCUT2D eigenvalue weighted by Gasteiger charge is -2.28. The van der Waals surface area contributed by atoms with Crippen LogP contribution in [0, 0.1) is 4.77 Å². The number of ether oxygens (including phenoxy) is 2. The van der Waals surface area contributed by atoms with Gasteiger partial charge >= 0.3 is 0 Å². The van der Waals surface area contributed by atoms with Crippen molar-refractivity contribution >= 4 is 57.1 Å². The summed E-state index contributed by atoms with van der Waals surface area (Å²) in [7, 11) is 1.90. The van der Waals surface area contributed by atoms with E-state index in [1.807, 2.05) is 64.8 Å². The minimum Gasteiger partial charge on any atom is -0.375 e. The molecule has 2 aliphatic rings. The van der Waals surface area contributed by atoms with Gasteiger partial charge in [-0.2, -0.15) is 10.2 Å². The highest BCUT2D eigenvalue weighted by Gasteiger charge is 2.44. The fourth-order valence-corrected chi connectivity index (χ4v) is 5.28. The molecule has 0 spiro atoms. The number of benzene rings is 2. The molecule has 2 aromatic heterocycles. The molecule has 4 heterocycles. The number of hydrogen-bond acceptors (Lipinski definition) is 7. The van der Waals surface area contributed by atoms with Gasteiger partial charge in [-0.05, 0) is 48.7 Å². The van der Waals surface area contributed by atoms with Crippen molar-refractivity contribution in [2.75, 3.05) is 6.61 Å². The highest BCUT2D eigenvalue weighted by molar-refractivity contribution is 7.80. The maximum absolute atomic E-state index is 13.1. The fraction of sp³-hybridized carbons (Fsp3) is 0.292. The maximum Gasteiger partial charge on any atom is 0.199 e. The Morgan fingerprint density at radius 3 is 2.53 bits per heavy atom. The van der Waals surface area contributed by atoms with Crippen LogP contribution in [0.4, 0.5) is 0 Å². The van der Waals surface area contributed by atoms with E-state index in [0.29, 0.717) is 40.8 Å². The monoisotopic (exact) mass is 521 g/mol. The first-order valence-corrected chi connectivity index (χ1v) is 12.3. The lowest BCUT2D eigenvalue weighted by molar-refractivity contribution is -0.0323. The first-order chi connectivity index (χ1) is 17.4. The van der Waals surface area contributed by atoms with E-state index in [9.17, 15) is 4.79 Å². The van der Waals surface area contributed by atoms with Gasteiger partial charge in [0.05, 0.1) is 35.9 Å². The van der Waals surface area contributed by atoms with Crippen LogP contribution in [0.25, 0.3) is 21.8 Å². The molecule has 3 atom stereocenters. The maximum atomic E-state index is 13.1. The Labute approximate surface area is 215 Å². The van der Waals surface area contributed by atoms with Gasteiger partial charge in [0.15, 0.2) is 27.4 Å². The predicted octanol–water partition coefficient (Wildman–Crippen LogP) is 2.34. The Bertz CT molecular complexity index is 1610. The number of aromatic nitrogens is 4. The standard InChI is InChI=1S/C24H23N7O3S2/c1-29-20(11-30-16-8-4-2-6-13(16)21(32)14-7-3-5-9-17(14)30)28-31(24(29)36)18-10-15(26-27-23(25)35)22-33-12-19(18)34-22/h2-9,18-19,22H,10-12H2,1H3,(H3,25,27,35)/b26-15+/t18-,19+,22+/m1/s1. The van der Waals surface area contributed by atoms with Crippen LogP contribution >= 0.6 is 24.4 Å². The number of para-hydroxylation sites is 2. The Kier molecular flexibility index (Phi) is 5.67. The molecular weight excluding hydrogens is 498 g/mol. The molecular formula is C24H23N7O3S2. The van der Waals surface area contributed by atoms with Gasteiger partial charge in [0.2, 0.25) is 0 Å². The molecule has 184 valence electrons. The quantitative estimate of drug-likeness (QED) is 0.239. The highest BCUT2D eigenvalue weighted by atomic mass is 32.1. The van der Waals surface area contributed by atoms with E-state index in [4.69, 9.17) is 44.7 Å². The zero-order valence-electron chi connectivity index (χ0n) is 19.3. The number of nitrogens with two attached hydrogens (primary N) is 1. The Hall–Kier alpha value is -3.45. The fourth-order valence-electron chi connectivity index (χ4n) is 4.95. The summed E-state index contributed by atoms with van der Waals surface area (Å²) >= 11 is 10.7. The van der Waals surface area contributed by atoms with Crippen molar-refractivity contribution in [1.82, 2.24) is 24.3 Å². The molecule has 36 heavy (non-hydrogen) atoms. The molecule has 2 saturated heterocycles. The molecule has 0 aliphatic carbocycles. The molecule has 4 aromatic rings. The van der Waals surface area contributed by atoms with Gasteiger partial charge < -0.3 is 24.3 Å². The summed E-state index contributed by atoms with van der Waals surface area (Å²) in [6, 6.07) is 15.0. The van der Waals surface area contributed by atoms with Crippen LogP contribution in [-0.2, 0) is 23.1 Å². The highest BCUT2D eigenvalue weighted by Crippen LogP contribution is 2.33. The first kappa shape index (κ1) is 23.0. The van der Waals surface area contributed by atoms with Crippen molar-refractivity contribution in [1.29, 1.82) is 0 Å². The topological polar surface area (TPSA) is 114 Å². The smallest absolute Gasteiger partial charge is 0.199 e. The molecule has 6 rings (SSSR count). The van der Waals surface area contributed by atoms with Crippen LogP contribution in [0.15, 0.2) is 58.4 Å². The van der Waals surface area contributed by atoms with E-state index in [0.717, 1.165) is 16.9 Å². The van der Waals surface area contributed by atoms with Gasteiger partial charge in [-0.3, -0.25) is 10.2 Å². The second-order valence-corrected chi connectivity index (χ2v) is 9.65. The molecule has 2 fully saturated rings. The van der Waals surface area contributed by atoms with Crippen LogP contribution < -0.4 is 16.6 Å². The second-order valence-electron chi connectivity index (χ2n) is 8.84. The van der Waals surface area contributed by atoms with Crippen molar-refractivity contribution in [3.63, 3.8) is 0 Å². The molecule has 0 unspecified atom stereocenters. The summed E-state index contributed by atoms with van der Waals surface area (Å²) in [5.41, 5.74) is 10.5. The summed E-state index contributed by atoms with van der Waals surface area (Å²) < 4.78 is 18.2. The molecule has 0 amide bonds. The average Bonchev–Trinajstić information content (AvgIpc) is 3.43. The molecule has 12 heteroatoms. The van der Waals surface area contributed by atoms with Crippen molar-refractivity contribution in [2.45, 2.75) is 31.4 Å². The number of rotatable bonds is 4. The van der Waals surface area contributed by atoms with Crippen LogP contribution in [0.1, 0.15) is 18.3 Å². The van der Waals surface area contributed by atoms with Crippen molar-refractivity contribution in [3.05, 3.63) is 69.3 Å². The van der Waals surface area contributed by atoms with E-state index in [1.54, 1.807) is 0 Å². The van der Waals surface area contributed by atoms with Crippen LogP contribution in [0.2, 0.25) is 0 Å². The Morgan fingerprint density at radius 2 is 1.86 bits per heavy atom. The number of hydrogen-bond donors (Lipinski definition) is 2. The van der Waals surface area contributed by atoms with Gasteiger partial charge in [-0.25, -0.2) is 4.68 Å². The number of nitrogens with zero attached hydrogens (tertiary/aromatic N) is 5. The summed E-state index contributed by atoms with van der Waals surface area (Å²) in [5.74, 6) is 0.750. The Morgan fingerprint density at radius 1 is 1.19 bits per heavy atom. The zero-order chi connectivity index (χ0) is 25.0. The molecule has 0 radical (unpaired) electrons. The zero-order valence-corrected chi connectivity index (χ0v) is 21.0. The van der Waals surface area contributed by atoms with E-state index in [2.05, 4.69) is 15.1 Å². The normalized spacial score (nSPS) is 22.5.